The van der Waals surface area contributed by atoms with Crippen LogP contribution in [0.5, 0.6) is 0 Å². The molecule has 5 rings (SSSR count). The third kappa shape index (κ3) is 2.65. The van der Waals surface area contributed by atoms with Crippen LogP contribution in [0.3, 0.4) is 0 Å². The molecule has 0 aliphatic carbocycles. The number of anilines is 3. The molecule has 1 aliphatic heterocycles. The van der Waals surface area contributed by atoms with Gasteiger partial charge in [0.2, 0.25) is 6.71 Å². The van der Waals surface area contributed by atoms with Gasteiger partial charge in [-0.15, -0.1) is 0 Å². The molecule has 0 fully saturated rings. The molecule has 1 aliphatic rings. The summed E-state index contributed by atoms with van der Waals surface area (Å²) in [7, 11) is 0. The smallest absolute Gasteiger partial charge is 0.246 e. The van der Waals surface area contributed by atoms with E-state index in [1.165, 1.54) is 39.0 Å². The summed E-state index contributed by atoms with van der Waals surface area (Å²) in [5.41, 5.74) is 9.05. The van der Waals surface area contributed by atoms with Crippen LogP contribution in [0.4, 0.5) is 17.1 Å². The van der Waals surface area contributed by atoms with Gasteiger partial charge in [0.1, 0.15) is 0 Å². The normalized spacial score (nSPS) is 12.5. The fraction of sp³-hybridized carbons (Fsp3) is 0.0400. The molecule has 27 heavy (non-hydrogen) atoms. The molecule has 0 bridgehead atoms. The summed E-state index contributed by atoms with van der Waals surface area (Å²) < 4.78 is 0. The largest absolute Gasteiger partial charge is 0.312 e. The van der Waals surface area contributed by atoms with Crippen molar-refractivity contribution in [1.82, 2.24) is 0 Å². The summed E-state index contributed by atoms with van der Waals surface area (Å²) >= 11 is 0. The first-order valence-electron chi connectivity index (χ1n) is 9.42. The third-order valence-electron chi connectivity index (χ3n) is 5.37. The van der Waals surface area contributed by atoms with Crippen LogP contribution in [0.15, 0.2) is 103 Å². The van der Waals surface area contributed by atoms with Gasteiger partial charge in [-0.2, -0.15) is 0 Å². The minimum absolute atomic E-state index is 0.248. The minimum atomic E-state index is 0.248. The topological polar surface area (TPSA) is 3.24 Å². The van der Waals surface area contributed by atoms with E-state index >= 15 is 0 Å². The van der Waals surface area contributed by atoms with E-state index in [0.29, 0.717) is 0 Å². The highest BCUT2D eigenvalue weighted by Crippen LogP contribution is 2.35. The molecule has 0 N–H and O–H groups in total. The first-order valence-corrected chi connectivity index (χ1v) is 9.42. The summed E-state index contributed by atoms with van der Waals surface area (Å²) in [5.74, 6) is 0. The molecule has 0 spiro atoms. The number of fused-ring (bicyclic) bond motifs is 2. The van der Waals surface area contributed by atoms with E-state index in [1.54, 1.807) is 0 Å². The molecule has 0 saturated carbocycles. The lowest BCUT2D eigenvalue weighted by atomic mass is 9.35. The lowest BCUT2D eigenvalue weighted by Crippen LogP contribution is -2.57. The van der Waals surface area contributed by atoms with Crippen LogP contribution < -0.4 is 21.3 Å². The molecule has 128 valence electrons. The second-order valence-corrected chi connectivity index (χ2v) is 7.14. The number of hydrogen-bond acceptors (Lipinski definition) is 1. The maximum atomic E-state index is 2.40. The molecule has 1 nitrogen and oxygen atoms in total. The van der Waals surface area contributed by atoms with Gasteiger partial charge in [0.15, 0.2) is 0 Å². The Morgan fingerprint density at radius 2 is 1.22 bits per heavy atom. The van der Waals surface area contributed by atoms with E-state index in [2.05, 4.69) is 115 Å². The monoisotopic (exact) mass is 345 g/mol. The van der Waals surface area contributed by atoms with Gasteiger partial charge in [0.05, 0.1) is 0 Å². The Morgan fingerprint density at radius 1 is 0.593 bits per heavy atom. The standard InChI is InChI=1S/C25H20BN/c1-19-16-17-23-25(18-19)27(21-12-6-3-7-13-21)24-15-9-8-14-22(24)26(23)20-10-4-2-5-11-20/h2-18H,1H3. The maximum absolute atomic E-state index is 2.40. The summed E-state index contributed by atoms with van der Waals surface area (Å²) in [6.07, 6.45) is 0. The molecule has 4 aromatic rings. The molecule has 0 radical (unpaired) electrons. The van der Waals surface area contributed by atoms with E-state index in [9.17, 15) is 0 Å². The molecule has 0 saturated heterocycles. The molecule has 1 heterocycles. The fourth-order valence-corrected chi connectivity index (χ4v) is 4.18. The third-order valence-corrected chi connectivity index (χ3v) is 5.37. The van der Waals surface area contributed by atoms with Gasteiger partial charge in [-0.05, 0) is 47.7 Å². The lowest BCUT2D eigenvalue weighted by molar-refractivity contribution is 1.28. The van der Waals surface area contributed by atoms with Crippen molar-refractivity contribution >= 4 is 40.2 Å². The van der Waals surface area contributed by atoms with Gasteiger partial charge < -0.3 is 4.90 Å². The van der Waals surface area contributed by atoms with Crippen LogP contribution in [0, 0.1) is 6.92 Å². The molecular formula is C25H20BN. The van der Waals surface area contributed by atoms with Crippen molar-refractivity contribution in [2.45, 2.75) is 6.92 Å². The number of hydrogen-bond donors (Lipinski definition) is 0. The molecule has 0 atom stereocenters. The van der Waals surface area contributed by atoms with Gasteiger partial charge in [0.25, 0.3) is 0 Å². The van der Waals surface area contributed by atoms with Gasteiger partial charge >= 0.3 is 0 Å². The van der Waals surface area contributed by atoms with Gasteiger partial charge in [-0.1, -0.05) is 84.3 Å². The van der Waals surface area contributed by atoms with Crippen molar-refractivity contribution in [3.63, 3.8) is 0 Å². The number of aryl methyl sites for hydroxylation is 1. The molecule has 0 unspecified atom stereocenters. The zero-order valence-corrected chi connectivity index (χ0v) is 15.3. The number of rotatable bonds is 2. The van der Waals surface area contributed by atoms with E-state index in [-0.39, 0.29) is 6.71 Å². The van der Waals surface area contributed by atoms with E-state index in [1.807, 2.05) is 0 Å². The lowest BCUT2D eigenvalue weighted by Gasteiger charge is -2.37. The van der Waals surface area contributed by atoms with Gasteiger partial charge in [-0.3, -0.25) is 0 Å². The van der Waals surface area contributed by atoms with Crippen LogP contribution in [-0.4, -0.2) is 6.71 Å². The Labute approximate surface area is 161 Å². The first-order chi connectivity index (χ1) is 13.3. The predicted octanol–water partition coefficient (Wildman–Crippen LogP) is 4.29. The van der Waals surface area contributed by atoms with Crippen molar-refractivity contribution in [2.75, 3.05) is 4.90 Å². The second kappa shape index (κ2) is 6.48. The molecule has 0 amide bonds. The van der Waals surface area contributed by atoms with Crippen molar-refractivity contribution in [3.05, 3.63) is 109 Å². The highest BCUT2D eigenvalue weighted by atomic mass is 15.1. The van der Waals surface area contributed by atoms with Crippen molar-refractivity contribution in [2.24, 2.45) is 0 Å². The van der Waals surface area contributed by atoms with E-state index < -0.39 is 0 Å². The minimum Gasteiger partial charge on any atom is -0.312 e. The van der Waals surface area contributed by atoms with Crippen LogP contribution in [0.1, 0.15) is 5.56 Å². The van der Waals surface area contributed by atoms with Crippen LogP contribution >= 0.6 is 0 Å². The summed E-state index contributed by atoms with van der Waals surface area (Å²) in [4.78, 5) is 2.40. The maximum Gasteiger partial charge on any atom is 0.246 e. The molecule has 0 aromatic heterocycles. The highest BCUT2D eigenvalue weighted by Gasteiger charge is 2.34. The van der Waals surface area contributed by atoms with Crippen molar-refractivity contribution in [1.29, 1.82) is 0 Å². The Hall–Kier alpha value is -3.26. The molecule has 4 aromatic carbocycles. The van der Waals surface area contributed by atoms with Crippen LogP contribution in [0.2, 0.25) is 0 Å². The average Bonchev–Trinajstić information content (AvgIpc) is 2.73. The number of benzene rings is 4. The SMILES string of the molecule is Cc1ccc2c(c1)N(c1ccccc1)c1ccccc1B2c1ccccc1. The zero-order chi connectivity index (χ0) is 18.2. The zero-order valence-electron chi connectivity index (χ0n) is 15.3. The van der Waals surface area contributed by atoms with Gasteiger partial charge in [0, 0.05) is 17.1 Å². The van der Waals surface area contributed by atoms with Crippen LogP contribution in [-0.2, 0) is 0 Å². The number of nitrogens with zero attached hydrogens (tertiary/aromatic N) is 1. The van der Waals surface area contributed by atoms with Crippen molar-refractivity contribution < 1.29 is 0 Å². The Kier molecular flexibility index (Phi) is 3.83. The predicted molar refractivity (Wildman–Crippen MR) is 117 cm³/mol. The van der Waals surface area contributed by atoms with E-state index in [4.69, 9.17) is 0 Å². The Balaban J connectivity index is 1.82. The van der Waals surface area contributed by atoms with Gasteiger partial charge in [-0.25, -0.2) is 0 Å². The summed E-state index contributed by atoms with van der Waals surface area (Å²) in [6.45, 7) is 2.42. The first kappa shape index (κ1) is 16.0. The highest BCUT2D eigenvalue weighted by molar-refractivity contribution is 6.98. The molecular weight excluding hydrogens is 325 g/mol. The summed E-state index contributed by atoms with van der Waals surface area (Å²) in [6, 6.07) is 37.1. The van der Waals surface area contributed by atoms with E-state index in [0.717, 1.165) is 0 Å². The summed E-state index contributed by atoms with van der Waals surface area (Å²) in [5, 5.41) is 0. The van der Waals surface area contributed by atoms with Crippen molar-refractivity contribution in [3.8, 4) is 0 Å². The second-order valence-electron chi connectivity index (χ2n) is 7.14. The average molecular weight is 345 g/mol. The fourth-order valence-electron chi connectivity index (χ4n) is 4.18. The Bertz CT molecular complexity index is 1090. The quantitative estimate of drug-likeness (QED) is 0.431. The number of para-hydroxylation sites is 2. The molecule has 2 heteroatoms. The Morgan fingerprint density at radius 3 is 2.00 bits per heavy atom. The van der Waals surface area contributed by atoms with Crippen LogP contribution in [0.25, 0.3) is 0 Å².